The van der Waals surface area contributed by atoms with Crippen LogP contribution in [0, 0.1) is 0 Å². The van der Waals surface area contributed by atoms with Crippen LogP contribution in [0.2, 0.25) is 0 Å². The van der Waals surface area contributed by atoms with Crippen molar-refractivity contribution in [3.05, 3.63) is 12.0 Å². The summed E-state index contributed by atoms with van der Waals surface area (Å²) in [4.78, 5) is 45.6. The number of likely N-dealkylation sites (N-methyl/N-ethyl adjacent to an activating group) is 1. The molecular formula is C15H28N4O5S. The smallest absolute Gasteiger partial charge is 0.271 e. The van der Waals surface area contributed by atoms with Gasteiger partial charge in [0.05, 0.1) is 18.5 Å². The summed E-state index contributed by atoms with van der Waals surface area (Å²) in [6.45, 7) is 4.43. The Morgan fingerprint density at radius 3 is 2.08 bits per heavy atom. The van der Waals surface area contributed by atoms with Crippen molar-refractivity contribution in [3.8, 4) is 0 Å². The Kier molecular flexibility index (Phi) is 14.4. The SMILES string of the molecule is CC(=O)[C@H](C)NC(=O)/C(=C\O)NC(=O)CN(C)C.CSCNC(C)=O. The molecule has 0 aromatic carbocycles. The van der Waals surface area contributed by atoms with Crippen LogP contribution < -0.4 is 16.0 Å². The molecule has 0 aromatic heterocycles. The second kappa shape index (κ2) is 14.3. The lowest BCUT2D eigenvalue weighted by Gasteiger charge is -2.14. The van der Waals surface area contributed by atoms with Gasteiger partial charge in [-0.3, -0.25) is 19.2 Å². The molecular weight excluding hydrogens is 348 g/mol. The lowest BCUT2D eigenvalue weighted by Crippen LogP contribution is -2.43. The largest absolute Gasteiger partial charge is 0.513 e. The topological polar surface area (TPSA) is 128 Å². The Bertz CT molecular complexity index is 494. The fourth-order valence-electron chi connectivity index (χ4n) is 1.17. The molecule has 0 saturated carbocycles. The van der Waals surface area contributed by atoms with Crippen LogP contribution in [0.15, 0.2) is 12.0 Å². The lowest BCUT2D eigenvalue weighted by atomic mass is 10.2. The van der Waals surface area contributed by atoms with E-state index in [-0.39, 0.29) is 23.9 Å². The van der Waals surface area contributed by atoms with Crippen molar-refractivity contribution >= 4 is 35.3 Å². The van der Waals surface area contributed by atoms with Gasteiger partial charge in [0.1, 0.15) is 12.0 Å². The van der Waals surface area contributed by atoms with Crippen LogP contribution in [0.3, 0.4) is 0 Å². The van der Waals surface area contributed by atoms with Crippen molar-refractivity contribution in [1.82, 2.24) is 20.9 Å². The van der Waals surface area contributed by atoms with Gasteiger partial charge in [-0.2, -0.15) is 0 Å². The molecule has 0 heterocycles. The van der Waals surface area contributed by atoms with Crippen molar-refractivity contribution in [2.75, 3.05) is 32.8 Å². The molecule has 0 spiro atoms. The van der Waals surface area contributed by atoms with E-state index in [1.165, 1.54) is 20.8 Å². The van der Waals surface area contributed by atoms with Crippen molar-refractivity contribution in [2.45, 2.75) is 26.8 Å². The number of hydrogen-bond acceptors (Lipinski definition) is 7. The number of amides is 3. The predicted octanol–water partition coefficient (Wildman–Crippen LogP) is -0.400. The number of carbonyl (C=O) groups is 4. The molecule has 1 atom stereocenters. The van der Waals surface area contributed by atoms with Gasteiger partial charge in [-0.15, -0.1) is 11.8 Å². The highest BCUT2D eigenvalue weighted by Crippen LogP contribution is 1.92. The van der Waals surface area contributed by atoms with Crippen LogP contribution in [0.25, 0.3) is 0 Å². The van der Waals surface area contributed by atoms with Gasteiger partial charge >= 0.3 is 0 Å². The van der Waals surface area contributed by atoms with Crippen molar-refractivity contribution in [1.29, 1.82) is 0 Å². The highest BCUT2D eigenvalue weighted by atomic mass is 32.2. The molecule has 0 saturated heterocycles. The molecule has 0 fully saturated rings. The molecule has 0 aliphatic rings. The molecule has 144 valence electrons. The third kappa shape index (κ3) is 15.2. The summed E-state index contributed by atoms with van der Waals surface area (Å²) in [5, 5.41) is 16.1. The minimum Gasteiger partial charge on any atom is -0.513 e. The zero-order valence-corrected chi connectivity index (χ0v) is 16.3. The molecule has 0 unspecified atom stereocenters. The van der Waals surface area contributed by atoms with E-state index in [1.54, 1.807) is 30.8 Å². The van der Waals surface area contributed by atoms with Gasteiger partial charge in [0.15, 0.2) is 5.78 Å². The van der Waals surface area contributed by atoms with Crippen LogP contribution in [-0.4, -0.2) is 72.3 Å². The van der Waals surface area contributed by atoms with Gasteiger partial charge in [0, 0.05) is 6.92 Å². The molecule has 3 amide bonds. The first-order chi connectivity index (χ1) is 11.5. The Balaban J connectivity index is 0. The van der Waals surface area contributed by atoms with Gasteiger partial charge in [-0.25, -0.2) is 0 Å². The first-order valence-electron chi connectivity index (χ1n) is 7.38. The van der Waals surface area contributed by atoms with Crippen molar-refractivity contribution in [2.24, 2.45) is 0 Å². The number of hydrogen-bond donors (Lipinski definition) is 4. The summed E-state index contributed by atoms with van der Waals surface area (Å²) in [7, 11) is 3.39. The summed E-state index contributed by atoms with van der Waals surface area (Å²) >= 11 is 1.60. The Hall–Kier alpha value is -2.07. The zero-order chi connectivity index (χ0) is 20.0. The average Bonchev–Trinajstić information content (AvgIpc) is 2.50. The summed E-state index contributed by atoms with van der Waals surface area (Å²) in [5.74, 6) is -0.622. The Morgan fingerprint density at radius 2 is 1.76 bits per heavy atom. The highest BCUT2D eigenvalue weighted by molar-refractivity contribution is 7.98. The van der Waals surface area contributed by atoms with Gasteiger partial charge in [0.25, 0.3) is 5.91 Å². The van der Waals surface area contributed by atoms with Gasteiger partial charge in [0.2, 0.25) is 11.8 Å². The maximum Gasteiger partial charge on any atom is 0.271 e. The molecule has 0 aromatic rings. The molecule has 0 rings (SSSR count). The monoisotopic (exact) mass is 376 g/mol. The summed E-state index contributed by atoms with van der Waals surface area (Å²) in [5.41, 5.74) is -0.296. The van der Waals surface area contributed by atoms with E-state index in [0.29, 0.717) is 6.26 Å². The van der Waals surface area contributed by atoms with Gasteiger partial charge < -0.3 is 26.0 Å². The first kappa shape index (κ1) is 25.2. The second-order valence-corrected chi connectivity index (χ2v) is 6.17. The predicted molar refractivity (Wildman–Crippen MR) is 97.9 cm³/mol. The Morgan fingerprint density at radius 1 is 1.20 bits per heavy atom. The summed E-state index contributed by atoms with van der Waals surface area (Å²) < 4.78 is 0. The van der Waals surface area contributed by atoms with Crippen LogP contribution in [-0.2, 0) is 19.2 Å². The van der Waals surface area contributed by atoms with Crippen LogP contribution in [0.5, 0.6) is 0 Å². The Labute approximate surface area is 152 Å². The fraction of sp³-hybridized carbons (Fsp3) is 0.600. The zero-order valence-electron chi connectivity index (χ0n) is 15.5. The van der Waals surface area contributed by atoms with E-state index >= 15 is 0 Å². The van der Waals surface area contributed by atoms with Gasteiger partial charge in [-0.1, -0.05) is 0 Å². The van der Waals surface area contributed by atoms with E-state index in [9.17, 15) is 19.2 Å². The van der Waals surface area contributed by atoms with Crippen LogP contribution in [0.4, 0.5) is 0 Å². The quantitative estimate of drug-likeness (QED) is 0.258. The van der Waals surface area contributed by atoms with Crippen LogP contribution >= 0.6 is 11.8 Å². The number of thioether (sulfide) groups is 1. The molecule has 0 radical (unpaired) electrons. The third-order valence-electron chi connectivity index (χ3n) is 2.53. The minimum absolute atomic E-state index is 0.0364. The molecule has 4 N–H and O–H groups in total. The number of nitrogens with one attached hydrogen (secondary N) is 3. The van der Waals surface area contributed by atoms with E-state index < -0.39 is 17.9 Å². The number of aliphatic hydroxyl groups is 1. The number of carbonyl (C=O) groups excluding carboxylic acids is 4. The molecule has 9 nitrogen and oxygen atoms in total. The maximum absolute atomic E-state index is 11.6. The van der Waals surface area contributed by atoms with Gasteiger partial charge in [-0.05, 0) is 34.2 Å². The van der Waals surface area contributed by atoms with E-state index in [0.717, 1.165) is 5.88 Å². The molecule has 0 aliphatic carbocycles. The van der Waals surface area contributed by atoms with E-state index in [2.05, 4.69) is 16.0 Å². The average molecular weight is 376 g/mol. The summed E-state index contributed by atoms with van der Waals surface area (Å²) in [6, 6.07) is -0.682. The minimum atomic E-state index is -0.715. The van der Waals surface area contributed by atoms with Crippen molar-refractivity contribution < 1.29 is 24.3 Å². The number of aliphatic hydroxyl groups excluding tert-OH is 1. The van der Waals surface area contributed by atoms with E-state index in [1.807, 2.05) is 6.26 Å². The standard InChI is InChI=1S/C11H19N3O4.C4H9NOS/c1-7(8(2)16)12-11(18)9(6-15)13-10(17)5-14(3)4;1-4(6)5-3-7-2/h6-7,15H,5H2,1-4H3,(H,12,18)(H,13,17);3H2,1-2H3,(H,5,6)/b9-6+;/t7-;/m0./s1. The van der Waals surface area contributed by atoms with Crippen molar-refractivity contribution in [3.63, 3.8) is 0 Å². The number of Topliss-reactive ketones (excluding diaryl/α,β-unsaturated/α-hetero) is 1. The number of nitrogens with zero attached hydrogens (tertiary/aromatic N) is 1. The maximum atomic E-state index is 11.6. The lowest BCUT2D eigenvalue weighted by molar-refractivity contribution is -0.126. The molecule has 10 heteroatoms. The highest BCUT2D eigenvalue weighted by Gasteiger charge is 2.17. The second-order valence-electron chi connectivity index (χ2n) is 5.30. The molecule has 25 heavy (non-hydrogen) atoms. The van der Waals surface area contributed by atoms with Crippen LogP contribution in [0.1, 0.15) is 20.8 Å². The number of ketones is 1. The summed E-state index contributed by atoms with van der Waals surface area (Å²) in [6.07, 6.45) is 2.44. The van der Waals surface area contributed by atoms with E-state index in [4.69, 9.17) is 5.11 Å². The normalized spacial score (nSPS) is 11.7. The molecule has 0 aliphatic heterocycles. The first-order valence-corrected chi connectivity index (χ1v) is 8.78. The molecule has 0 bridgehead atoms. The fourth-order valence-corrected chi connectivity index (χ4v) is 1.52. The third-order valence-corrected chi connectivity index (χ3v) is 2.96. The number of rotatable bonds is 8.